The first-order valence-electron chi connectivity index (χ1n) is 9.17. The van der Waals surface area contributed by atoms with Crippen LogP contribution in [0.4, 0.5) is 5.69 Å². The number of aliphatic imine (C=N–C) groups is 1. The largest absolute Gasteiger partial charge is 0.465 e. The van der Waals surface area contributed by atoms with Crippen molar-refractivity contribution in [3.63, 3.8) is 0 Å². The minimum absolute atomic E-state index is 0.216. The smallest absolute Gasteiger partial charge is 0.337 e. The van der Waals surface area contributed by atoms with Crippen molar-refractivity contribution >= 4 is 40.6 Å². The highest BCUT2D eigenvalue weighted by molar-refractivity contribution is 8.18. The van der Waals surface area contributed by atoms with Crippen LogP contribution in [-0.2, 0) is 9.53 Å². The van der Waals surface area contributed by atoms with Gasteiger partial charge in [0.05, 0.1) is 23.3 Å². The van der Waals surface area contributed by atoms with E-state index < -0.39 is 5.97 Å². The molecule has 1 saturated heterocycles. The van der Waals surface area contributed by atoms with Crippen molar-refractivity contribution < 1.29 is 18.7 Å². The summed E-state index contributed by atoms with van der Waals surface area (Å²) in [5, 5.41) is 3.30. The lowest BCUT2D eigenvalue weighted by atomic mass is 10.1. The molecule has 1 aromatic heterocycles. The fourth-order valence-corrected chi connectivity index (χ4v) is 3.64. The number of carbonyl (C=O) groups excluding carboxylic acids is 2. The molecule has 0 spiro atoms. The van der Waals surface area contributed by atoms with Gasteiger partial charge in [0.25, 0.3) is 5.91 Å². The Morgan fingerprint density at radius 1 is 1.07 bits per heavy atom. The number of nitrogens with zero attached hydrogens (tertiary/aromatic N) is 1. The maximum absolute atomic E-state index is 12.3. The lowest BCUT2D eigenvalue weighted by Gasteiger charge is -2.00. The van der Waals surface area contributed by atoms with Crippen LogP contribution >= 0.6 is 11.8 Å². The fraction of sp³-hybridized carbons (Fsp3) is 0.0870. The Kier molecular flexibility index (Phi) is 5.54. The SMILES string of the molecule is COC(=O)c1ccc(-c2ccc(/C=C3/SC(=Nc4ccc(C)cc4)NC3=O)o2)cc1. The summed E-state index contributed by atoms with van der Waals surface area (Å²) in [4.78, 5) is 28.8. The van der Waals surface area contributed by atoms with Crippen LogP contribution in [0, 0.1) is 6.92 Å². The number of amidine groups is 1. The van der Waals surface area contributed by atoms with E-state index in [0.717, 1.165) is 16.8 Å². The quantitative estimate of drug-likeness (QED) is 0.480. The fourth-order valence-electron chi connectivity index (χ4n) is 2.82. The van der Waals surface area contributed by atoms with E-state index in [4.69, 9.17) is 9.15 Å². The zero-order valence-corrected chi connectivity index (χ0v) is 17.2. The maximum Gasteiger partial charge on any atom is 0.337 e. The van der Waals surface area contributed by atoms with E-state index >= 15 is 0 Å². The highest BCUT2D eigenvalue weighted by Crippen LogP contribution is 2.30. The number of rotatable bonds is 4. The van der Waals surface area contributed by atoms with Gasteiger partial charge in [-0.3, -0.25) is 4.79 Å². The number of methoxy groups -OCH3 is 1. The van der Waals surface area contributed by atoms with Gasteiger partial charge in [-0.05, 0) is 55.1 Å². The number of benzene rings is 2. The summed E-state index contributed by atoms with van der Waals surface area (Å²) in [5.41, 5.74) is 3.21. The van der Waals surface area contributed by atoms with Gasteiger partial charge in [0, 0.05) is 11.6 Å². The zero-order chi connectivity index (χ0) is 21.1. The minimum Gasteiger partial charge on any atom is -0.465 e. The number of hydrogen-bond donors (Lipinski definition) is 1. The van der Waals surface area contributed by atoms with Crippen LogP contribution in [0.1, 0.15) is 21.7 Å². The van der Waals surface area contributed by atoms with Gasteiger partial charge in [-0.25, -0.2) is 9.79 Å². The summed E-state index contributed by atoms with van der Waals surface area (Å²) in [6, 6.07) is 18.3. The minimum atomic E-state index is -0.390. The number of ether oxygens (including phenoxy) is 1. The van der Waals surface area contributed by atoms with Crippen LogP contribution in [0.25, 0.3) is 17.4 Å². The monoisotopic (exact) mass is 418 g/mol. The number of thioether (sulfide) groups is 1. The van der Waals surface area contributed by atoms with Gasteiger partial charge in [0.2, 0.25) is 0 Å². The Hall–Kier alpha value is -3.58. The third kappa shape index (κ3) is 4.36. The molecule has 150 valence electrons. The molecule has 0 radical (unpaired) electrons. The first-order valence-corrected chi connectivity index (χ1v) is 9.98. The van der Waals surface area contributed by atoms with Crippen molar-refractivity contribution in [3.8, 4) is 11.3 Å². The number of esters is 1. The van der Waals surface area contributed by atoms with Crippen molar-refractivity contribution in [2.75, 3.05) is 7.11 Å². The van der Waals surface area contributed by atoms with Crippen molar-refractivity contribution in [3.05, 3.63) is 82.5 Å². The second-order valence-electron chi connectivity index (χ2n) is 6.59. The molecule has 30 heavy (non-hydrogen) atoms. The van der Waals surface area contributed by atoms with Crippen molar-refractivity contribution in [1.82, 2.24) is 5.32 Å². The number of hydrogen-bond acceptors (Lipinski definition) is 6. The molecule has 1 aliphatic heterocycles. The molecule has 3 aromatic rings. The van der Waals surface area contributed by atoms with Crippen LogP contribution < -0.4 is 5.32 Å². The second kappa shape index (κ2) is 8.42. The van der Waals surface area contributed by atoms with E-state index in [-0.39, 0.29) is 5.91 Å². The molecule has 0 aliphatic carbocycles. The van der Waals surface area contributed by atoms with Gasteiger partial charge in [0.1, 0.15) is 11.5 Å². The highest BCUT2D eigenvalue weighted by atomic mass is 32.2. The maximum atomic E-state index is 12.3. The highest BCUT2D eigenvalue weighted by Gasteiger charge is 2.24. The molecule has 1 fully saturated rings. The number of aryl methyl sites for hydroxylation is 1. The molecule has 2 heterocycles. The molecular formula is C23H18N2O4S. The average molecular weight is 418 g/mol. The Labute approximate surface area is 177 Å². The van der Waals surface area contributed by atoms with Crippen molar-refractivity contribution in [2.45, 2.75) is 6.92 Å². The summed E-state index contributed by atoms with van der Waals surface area (Å²) in [6.45, 7) is 2.01. The van der Waals surface area contributed by atoms with Gasteiger partial charge >= 0.3 is 5.97 Å². The molecule has 1 N–H and O–H groups in total. The van der Waals surface area contributed by atoms with Crippen LogP contribution in [0.2, 0.25) is 0 Å². The Morgan fingerprint density at radius 2 is 1.80 bits per heavy atom. The van der Waals surface area contributed by atoms with Crippen LogP contribution in [0.3, 0.4) is 0 Å². The lowest BCUT2D eigenvalue weighted by Crippen LogP contribution is -2.19. The molecule has 2 aromatic carbocycles. The molecule has 0 atom stereocenters. The van der Waals surface area contributed by atoms with Gasteiger partial charge in [-0.1, -0.05) is 29.8 Å². The van der Waals surface area contributed by atoms with E-state index in [9.17, 15) is 9.59 Å². The first-order chi connectivity index (χ1) is 14.5. The normalized spacial score (nSPS) is 16.1. The van der Waals surface area contributed by atoms with Gasteiger partial charge < -0.3 is 14.5 Å². The number of amides is 1. The van der Waals surface area contributed by atoms with Crippen LogP contribution in [-0.4, -0.2) is 24.2 Å². The first kappa shape index (κ1) is 19.7. The van der Waals surface area contributed by atoms with Gasteiger partial charge in [-0.15, -0.1) is 0 Å². The summed E-state index contributed by atoms with van der Waals surface area (Å²) >= 11 is 1.26. The van der Waals surface area contributed by atoms with E-state index in [0.29, 0.717) is 27.2 Å². The predicted octanol–water partition coefficient (Wildman–Crippen LogP) is 4.93. The molecule has 0 unspecified atom stereocenters. The molecular weight excluding hydrogens is 400 g/mol. The number of carbonyl (C=O) groups is 2. The van der Waals surface area contributed by atoms with Crippen LogP contribution in [0.5, 0.6) is 0 Å². The topological polar surface area (TPSA) is 80.9 Å². The van der Waals surface area contributed by atoms with Crippen molar-refractivity contribution in [2.24, 2.45) is 4.99 Å². The van der Waals surface area contributed by atoms with E-state index in [1.807, 2.05) is 37.3 Å². The summed E-state index contributed by atoms with van der Waals surface area (Å²) < 4.78 is 10.5. The van der Waals surface area contributed by atoms with Gasteiger partial charge in [0.15, 0.2) is 5.17 Å². The summed E-state index contributed by atoms with van der Waals surface area (Å²) in [7, 11) is 1.34. The zero-order valence-electron chi connectivity index (χ0n) is 16.3. The van der Waals surface area contributed by atoms with Crippen LogP contribution in [0.15, 0.2) is 75.0 Å². The molecule has 1 aliphatic rings. The Balaban J connectivity index is 1.50. The molecule has 0 bridgehead atoms. The second-order valence-corrected chi connectivity index (χ2v) is 7.62. The molecule has 7 heteroatoms. The Bertz CT molecular complexity index is 1160. The summed E-state index contributed by atoms with van der Waals surface area (Å²) in [6.07, 6.45) is 1.68. The third-order valence-corrected chi connectivity index (χ3v) is 5.32. The molecule has 6 nitrogen and oxygen atoms in total. The van der Waals surface area contributed by atoms with E-state index in [2.05, 4.69) is 10.3 Å². The average Bonchev–Trinajstić information content (AvgIpc) is 3.36. The molecule has 0 saturated carbocycles. The van der Waals surface area contributed by atoms with Crippen molar-refractivity contribution in [1.29, 1.82) is 0 Å². The molecule has 4 rings (SSSR count). The predicted molar refractivity (Wildman–Crippen MR) is 117 cm³/mol. The van der Waals surface area contributed by atoms with E-state index in [1.54, 1.807) is 36.4 Å². The van der Waals surface area contributed by atoms with E-state index in [1.165, 1.54) is 18.9 Å². The third-order valence-electron chi connectivity index (χ3n) is 4.41. The Morgan fingerprint density at radius 3 is 2.50 bits per heavy atom. The lowest BCUT2D eigenvalue weighted by molar-refractivity contribution is -0.115. The number of nitrogens with one attached hydrogen (secondary N) is 1. The standard InChI is InChI=1S/C23H18N2O4S/c1-14-3-9-17(10-4-14)24-23-25-21(26)20(30-23)13-18-11-12-19(29-18)15-5-7-16(8-6-15)22(27)28-2/h3-13H,1-2H3,(H,24,25,26)/b20-13+. The number of furan rings is 1. The molecule has 1 amide bonds. The summed E-state index contributed by atoms with van der Waals surface area (Å²) in [5.74, 6) is 0.580. The van der Waals surface area contributed by atoms with Gasteiger partial charge in [-0.2, -0.15) is 0 Å².